The lowest BCUT2D eigenvalue weighted by Gasteiger charge is -2.26. The zero-order valence-electron chi connectivity index (χ0n) is 18.0. The van der Waals surface area contributed by atoms with E-state index in [1.54, 1.807) is 12.1 Å². The molecule has 0 aliphatic carbocycles. The number of nitrogens with zero attached hydrogens (tertiary/aromatic N) is 2. The summed E-state index contributed by atoms with van der Waals surface area (Å²) in [5, 5.41) is 17.5. The second-order valence-corrected chi connectivity index (χ2v) is 7.87. The summed E-state index contributed by atoms with van der Waals surface area (Å²) >= 11 is 0. The van der Waals surface area contributed by atoms with Crippen molar-refractivity contribution in [3.05, 3.63) is 53.0 Å². The number of nitrogens with one attached hydrogen (secondary N) is 2. The van der Waals surface area contributed by atoms with Gasteiger partial charge >= 0.3 is 12.1 Å². The number of carboxylic acid groups (broad SMARTS) is 1. The standard InChI is InChI=1S/C22H23F3N4O5/c23-22(24,25)20-17-15(11-26-12-16(21(31)32)18(17)27-28-20)19(30)13-1-3-14(4-2-13)34-10-7-29-5-8-33-9-6-29/h1-4,12,15,26H,5-11H2,(H,27,28)(H,31,32). The Morgan fingerprint density at radius 3 is 2.56 bits per heavy atom. The van der Waals surface area contributed by atoms with Crippen molar-refractivity contribution in [2.75, 3.05) is 46.0 Å². The molecule has 1 fully saturated rings. The molecule has 1 atom stereocenters. The molecule has 3 N–H and O–H groups in total. The number of alkyl halides is 3. The number of aromatic nitrogens is 2. The van der Waals surface area contributed by atoms with Crippen LogP contribution in [0, 0.1) is 0 Å². The largest absolute Gasteiger partial charge is 0.492 e. The third-order valence-corrected chi connectivity index (χ3v) is 5.73. The van der Waals surface area contributed by atoms with E-state index in [9.17, 15) is 27.9 Å². The molecule has 0 radical (unpaired) electrons. The van der Waals surface area contributed by atoms with E-state index in [1.807, 2.05) is 5.10 Å². The number of aromatic amines is 1. The van der Waals surface area contributed by atoms with Gasteiger partial charge in [-0.2, -0.15) is 18.3 Å². The highest BCUT2D eigenvalue weighted by atomic mass is 19.4. The summed E-state index contributed by atoms with van der Waals surface area (Å²) in [6.07, 6.45) is -3.79. The van der Waals surface area contributed by atoms with Gasteiger partial charge < -0.3 is 19.9 Å². The van der Waals surface area contributed by atoms with Gasteiger partial charge in [-0.25, -0.2) is 4.79 Å². The highest BCUT2D eigenvalue weighted by molar-refractivity contribution is 6.16. The number of aliphatic carboxylic acids is 1. The number of benzene rings is 1. The summed E-state index contributed by atoms with van der Waals surface area (Å²) < 4.78 is 51.9. The minimum Gasteiger partial charge on any atom is -0.492 e. The summed E-state index contributed by atoms with van der Waals surface area (Å²) in [6.45, 7) is 3.98. The van der Waals surface area contributed by atoms with Crippen molar-refractivity contribution >= 4 is 17.3 Å². The average molecular weight is 480 g/mol. The van der Waals surface area contributed by atoms with Crippen LogP contribution in [-0.4, -0.2) is 78.0 Å². The second kappa shape index (κ2) is 9.85. The molecule has 1 aromatic carbocycles. The van der Waals surface area contributed by atoms with Gasteiger partial charge in [0.2, 0.25) is 0 Å². The second-order valence-electron chi connectivity index (χ2n) is 7.87. The molecule has 182 valence electrons. The van der Waals surface area contributed by atoms with Crippen LogP contribution in [-0.2, 0) is 15.7 Å². The Kier molecular flexibility index (Phi) is 6.89. The molecule has 0 saturated carbocycles. The van der Waals surface area contributed by atoms with Gasteiger partial charge in [0, 0.05) is 43.5 Å². The first kappa shape index (κ1) is 23.8. The Bertz CT molecular complexity index is 1080. The fraction of sp³-hybridized carbons (Fsp3) is 0.409. The number of morpholine rings is 1. The van der Waals surface area contributed by atoms with Crippen LogP contribution in [0.1, 0.15) is 33.2 Å². The number of Topliss-reactive ketones (excluding diaryl/α,β-unsaturated/α-hetero) is 1. The molecule has 12 heteroatoms. The summed E-state index contributed by atoms with van der Waals surface area (Å²) in [6, 6.07) is 6.13. The molecule has 2 aromatic rings. The van der Waals surface area contributed by atoms with Gasteiger partial charge in [0.05, 0.1) is 19.1 Å². The van der Waals surface area contributed by atoms with Crippen LogP contribution in [0.15, 0.2) is 30.5 Å². The molecule has 3 heterocycles. The molecule has 9 nitrogen and oxygen atoms in total. The van der Waals surface area contributed by atoms with Crippen LogP contribution < -0.4 is 10.1 Å². The number of hydrogen-bond donors (Lipinski definition) is 3. The molecule has 0 bridgehead atoms. The molecule has 2 aliphatic heterocycles. The fourth-order valence-electron chi connectivity index (χ4n) is 3.98. The maximum atomic E-state index is 13.6. The van der Waals surface area contributed by atoms with Gasteiger partial charge in [-0.3, -0.25) is 14.8 Å². The topological polar surface area (TPSA) is 117 Å². The lowest BCUT2D eigenvalue weighted by Crippen LogP contribution is -2.38. The Hall–Kier alpha value is -3.38. The maximum Gasteiger partial charge on any atom is 0.433 e. The van der Waals surface area contributed by atoms with E-state index >= 15 is 0 Å². The molecule has 1 saturated heterocycles. The van der Waals surface area contributed by atoms with E-state index in [1.165, 1.54) is 12.1 Å². The van der Waals surface area contributed by atoms with Crippen LogP contribution in [0.5, 0.6) is 5.75 Å². The summed E-state index contributed by atoms with van der Waals surface area (Å²) in [7, 11) is 0. The molecule has 2 aliphatic rings. The predicted octanol–water partition coefficient (Wildman–Crippen LogP) is 2.13. The number of halogens is 3. The third-order valence-electron chi connectivity index (χ3n) is 5.73. The predicted molar refractivity (Wildman–Crippen MR) is 113 cm³/mol. The Morgan fingerprint density at radius 2 is 1.91 bits per heavy atom. The van der Waals surface area contributed by atoms with Crippen molar-refractivity contribution in [3.8, 4) is 5.75 Å². The Labute approximate surface area is 192 Å². The number of rotatable bonds is 7. The highest BCUT2D eigenvalue weighted by Gasteiger charge is 2.43. The number of hydrogen-bond acceptors (Lipinski definition) is 7. The normalized spacial score (nSPS) is 18.9. The highest BCUT2D eigenvalue weighted by Crippen LogP contribution is 2.39. The van der Waals surface area contributed by atoms with E-state index in [-0.39, 0.29) is 12.1 Å². The van der Waals surface area contributed by atoms with Crippen molar-refractivity contribution in [1.29, 1.82) is 0 Å². The number of ether oxygens (including phenoxy) is 2. The van der Waals surface area contributed by atoms with Crippen molar-refractivity contribution in [1.82, 2.24) is 20.4 Å². The van der Waals surface area contributed by atoms with E-state index in [4.69, 9.17) is 9.47 Å². The molecule has 4 rings (SSSR count). The van der Waals surface area contributed by atoms with Crippen LogP contribution in [0.4, 0.5) is 13.2 Å². The molecule has 1 aromatic heterocycles. The molecule has 1 unspecified atom stereocenters. The van der Waals surface area contributed by atoms with E-state index in [0.29, 0.717) is 25.6 Å². The molecular weight excluding hydrogens is 457 g/mol. The van der Waals surface area contributed by atoms with E-state index in [0.717, 1.165) is 25.8 Å². The summed E-state index contributed by atoms with van der Waals surface area (Å²) in [5.74, 6) is -2.83. The van der Waals surface area contributed by atoms with E-state index in [2.05, 4.69) is 15.3 Å². The molecular formula is C22H23F3N4O5. The lowest BCUT2D eigenvalue weighted by molar-refractivity contribution is -0.142. The first-order chi connectivity index (χ1) is 16.3. The molecule has 0 spiro atoms. The molecule has 0 amide bonds. The van der Waals surface area contributed by atoms with Gasteiger partial charge in [-0.15, -0.1) is 0 Å². The third kappa shape index (κ3) is 5.07. The van der Waals surface area contributed by atoms with Gasteiger partial charge in [0.25, 0.3) is 0 Å². The Morgan fingerprint density at radius 1 is 1.21 bits per heavy atom. The number of carboxylic acids is 1. The quantitative estimate of drug-likeness (QED) is 0.516. The van der Waals surface area contributed by atoms with Gasteiger partial charge in [-0.1, -0.05) is 0 Å². The van der Waals surface area contributed by atoms with Crippen LogP contribution in [0.3, 0.4) is 0 Å². The van der Waals surface area contributed by atoms with Crippen molar-refractivity contribution in [2.45, 2.75) is 12.1 Å². The first-order valence-corrected chi connectivity index (χ1v) is 10.7. The zero-order chi connectivity index (χ0) is 24.3. The average Bonchev–Trinajstić information content (AvgIpc) is 3.16. The number of ketones is 1. The van der Waals surface area contributed by atoms with Gasteiger partial charge in [0.15, 0.2) is 5.78 Å². The zero-order valence-corrected chi connectivity index (χ0v) is 18.0. The number of carbonyl (C=O) groups excluding carboxylic acids is 1. The van der Waals surface area contributed by atoms with Crippen molar-refractivity contribution < 1.29 is 37.3 Å². The number of carbonyl (C=O) groups is 2. The van der Waals surface area contributed by atoms with Crippen LogP contribution in [0.2, 0.25) is 0 Å². The van der Waals surface area contributed by atoms with Crippen LogP contribution in [0.25, 0.3) is 5.57 Å². The summed E-state index contributed by atoms with van der Waals surface area (Å²) in [4.78, 5) is 27.0. The van der Waals surface area contributed by atoms with E-state index < -0.39 is 46.4 Å². The minimum absolute atomic E-state index is 0.173. The summed E-state index contributed by atoms with van der Waals surface area (Å²) in [5.41, 5.74) is -2.42. The monoisotopic (exact) mass is 480 g/mol. The fourth-order valence-corrected chi connectivity index (χ4v) is 3.98. The van der Waals surface area contributed by atoms with Gasteiger partial charge in [0.1, 0.15) is 29.3 Å². The van der Waals surface area contributed by atoms with Crippen molar-refractivity contribution in [3.63, 3.8) is 0 Å². The Balaban J connectivity index is 1.51. The van der Waals surface area contributed by atoms with Crippen LogP contribution >= 0.6 is 0 Å². The van der Waals surface area contributed by atoms with Gasteiger partial charge in [-0.05, 0) is 24.3 Å². The smallest absolute Gasteiger partial charge is 0.433 e. The lowest BCUT2D eigenvalue weighted by atomic mass is 9.88. The molecule has 34 heavy (non-hydrogen) atoms. The minimum atomic E-state index is -4.84. The number of fused-ring (bicyclic) bond motifs is 1. The SMILES string of the molecule is O=C(O)C1=CNCC(C(=O)c2ccc(OCCN3CCOCC3)cc2)c2c1n[nH]c2C(F)(F)F. The maximum absolute atomic E-state index is 13.6. The first-order valence-electron chi connectivity index (χ1n) is 10.7. The van der Waals surface area contributed by atoms with Crippen molar-refractivity contribution in [2.24, 2.45) is 0 Å². The number of H-pyrrole nitrogens is 1.